The minimum atomic E-state index is -0.638. The number of hydrogen-bond donors (Lipinski definition) is 1. The summed E-state index contributed by atoms with van der Waals surface area (Å²) in [7, 11) is 0. The zero-order chi connectivity index (χ0) is 21.4. The molecule has 0 saturated carbocycles. The number of carbonyl (C=O) groups excluding carboxylic acids is 2. The standard InChI is InChI=1S/C22H25Cl2FN2O2/c1-3-11-26-22(29)20(4-2)27(14-16-7-8-17(23)13-19(16)24)21(28)12-15-5-9-18(25)10-6-15/h5-10,13,20H,3-4,11-12,14H2,1-2H3,(H,26,29)/t20-/m0/s1. The Labute approximate surface area is 181 Å². The zero-order valence-electron chi connectivity index (χ0n) is 16.6. The SMILES string of the molecule is CCCNC(=O)[C@H](CC)N(Cc1ccc(Cl)cc1Cl)C(=O)Cc1ccc(F)cc1. The van der Waals surface area contributed by atoms with Gasteiger partial charge in [-0.1, -0.05) is 55.2 Å². The Kier molecular flexibility index (Phi) is 8.93. The van der Waals surface area contributed by atoms with Gasteiger partial charge < -0.3 is 10.2 Å². The van der Waals surface area contributed by atoms with Gasteiger partial charge in [-0.25, -0.2) is 4.39 Å². The lowest BCUT2D eigenvalue weighted by Gasteiger charge is -2.31. The average Bonchev–Trinajstić information content (AvgIpc) is 2.69. The lowest BCUT2D eigenvalue weighted by Crippen LogP contribution is -2.49. The Balaban J connectivity index is 2.30. The molecule has 2 aromatic carbocycles. The number of carbonyl (C=O) groups is 2. The molecule has 1 N–H and O–H groups in total. The summed E-state index contributed by atoms with van der Waals surface area (Å²) in [6.45, 7) is 4.54. The highest BCUT2D eigenvalue weighted by Crippen LogP contribution is 2.24. The van der Waals surface area contributed by atoms with Crippen LogP contribution in [0.4, 0.5) is 4.39 Å². The second-order valence-corrected chi connectivity index (χ2v) is 7.62. The van der Waals surface area contributed by atoms with E-state index in [0.29, 0.717) is 34.1 Å². The van der Waals surface area contributed by atoms with Crippen LogP contribution in [0.1, 0.15) is 37.8 Å². The zero-order valence-corrected chi connectivity index (χ0v) is 18.1. The quantitative estimate of drug-likeness (QED) is 0.597. The van der Waals surface area contributed by atoms with Crippen LogP contribution in [0, 0.1) is 5.82 Å². The summed E-state index contributed by atoms with van der Waals surface area (Å²) in [6.07, 6.45) is 1.31. The summed E-state index contributed by atoms with van der Waals surface area (Å²) in [5.74, 6) is -0.801. The lowest BCUT2D eigenvalue weighted by molar-refractivity contribution is -0.140. The highest BCUT2D eigenvalue weighted by molar-refractivity contribution is 6.35. The molecule has 0 aromatic heterocycles. The Morgan fingerprint density at radius 2 is 1.79 bits per heavy atom. The molecule has 0 aliphatic carbocycles. The second kappa shape index (κ2) is 11.2. The molecule has 0 heterocycles. The smallest absolute Gasteiger partial charge is 0.242 e. The first-order chi connectivity index (χ1) is 13.8. The van der Waals surface area contributed by atoms with Crippen LogP contribution in [-0.2, 0) is 22.6 Å². The molecule has 0 spiro atoms. The van der Waals surface area contributed by atoms with Crippen LogP contribution in [0.15, 0.2) is 42.5 Å². The number of nitrogens with one attached hydrogen (secondary N) is 1. The van der Waals surface area contributed by atoms with Crippen LogP contribution in [0.25, 0.3) is 0 Å². The van der Waals surface area contributed by atoms with E-state index in [1.807, 2.05) is 13.8 Å². The molecule has 0 aliphatic heterocycles. The van der Waals surface area contributed by atoms with E-state index in [-0.39, 0.29) is 30.6 Å². The maximum atomic E-state index is 13.2. The number of amides is 2. The molecule has 2 aromatic rings. The number of halogens is 3. The molecule has 0 fully saturated rings. The topological polar surface area (TPSA) is 49.4 Å². The molecule has 2 rings (SSSR count). The number of nitrogens with zero attached hydrogens (tertiary/aromatic N) is 1. The van der Waals surface area contributed by atoms with Gasteiger partial charge in [-0.3, -0.25) is 9.59 Å². The monoisotopic (exact) mass is 438 g/mol. The first-order valence-electron chi connectivity index (χ1n) is 9.61. The molecule has 0 radical (unpaired) electrons. The molecule has 0 aliphatic rings. The van der Waals surface area contributed by atoms with Crippen molar-refractivity contribution in [1.82, 2.24) is 10.2 Å². The van der Waals surface area contributed by atoms with Crippen molar-refractivity contribution in [1.29, 1.82) is 0 Å². The number of benzene rings is 2. The van der Waals surface area contributed by atoms with Crippen molar-refractivity contribution in [3.05, 3.63) is 69.5 Å². The van der Waals surface area contributed by atoms with E-state index in [1.165, 1.54) is 17.0 Å². The average molecular weight is 439 g/mol. The molecule has 4 nitrogen and oxygen atoms in total. The van der Waals surface area contributed by atoms with Gasteiger partial charge in [0.05, 0.1) is 6.42 Å². The summed E-state index contributed by atoms with van der Waals surface area (Å²) in [4.78, 5) is 27.4. The van der Waals surface area contributed by atoms with E-state index >= 15 is 0 Å². The first kappa shape index (κ1) is 23.2. The van der Waals surface area contributed by atoms with Crippen molar-refractivity contribution in [3.8, 4) is 0 Å². The number of hydrogen-bond acceptors (Lipinski definition) is 2. The summed E-state index contributed by atoms with van der Waals surface area (Å²) < 4.78 is 13.2. The molecule has 0 unspecified atom stereocenters. The van der Waals surface area contributed by atoms with E-state index in [4.69, 9.17) is 23.2 Å². The van der Waals surface area contributed by atoms with Gasteiger partial charge >= 0.3 is 0 Å². The molecule has 0 bridgehead atoms. The summed E-state index contributed by atoms with van der Waals surface area (Å²) >= 11 is 12.3. The number of rotatable bonds is 9. The van der Waals surface area contributed by atoms with Crippen LogP contribution in [-0.4, -0.2) is 29.3 Å². The van der Waals surface area contributed by atoms with E-state index in [1.54, 1.807) is 30.3 Å². The van der Waals surface area contributed by atoms with E-state index < -0.39 is 6.04 Å². The molecular formula is C22H25Cl2FN2O2. The third-order valence-corrected chi connectivity index (χ3v) is 5.15. The summed E-state index contributed by atoms with van der Waals surface area (Å²) in [6, 6.07) is 10.2. The fourth-order valence-electron chi connectivity index (χ4n) is 3.00. The second-order valence-electron chi connectivity index (χ2n) is 6.78. The maximum absolute atomic E-state index is 13.2. The third-order valence-electron chi connectivity index (χ3n) is 4.56. The van der Waals surface area contributed by atoms with Crippen molar-refractivity contribution in [3.63, 3.8) is 0 Å². The Hall–Kier alpha value is -2.11. The largest absolute Gasteiger partial charge is 0.354 e. The lowest BCUT2D eigenvalue weighted by atomic mass is 10.1. The Morgan fingerprint density at radius 1 is 1.10 bits per heavy atom. The van der Waals surface area contributed by atoms with Crippen molar-refractivity contribution >= 4 is 35.0 Å². The highest BCUT2D eigenvalue weighted by atomic mass is 35.5. The van der Waals surface area contributed by atoms with Crippen molar-refractivity contribution in [2.24, 2.45) is 0 Å². The van der Waals surface area contributed by atoms with Crippen LogP contribution in [0.3, 0.4) is 0 Å². The Bertz CT molecular complexity index is 843. The maximum Gasteiger partial charge on any atom is 0.242 e. The van der Waals surface area contributed by atoms with E-state index in [0.717, 1.165) is 6.42 Å². The van der Waals surface area contributed by atoms with Gasteiger partial charge in [-0.05, 0) is 48.2 Å². The third kappa shape index (κ3) is 6.72. The fourth-order valence-corrected chi connectivity index (χ4v) is 3.47. The van der Waals surface area contributed by atoms with Gasteiger partial charge in [0.1, 0.15) is 11.9 Å². The molecule has 2 amide bonds. The first-order valence-corrected chi connectivity index (χ1v) is 10.4. The predicted molar refractivity (Wildman–Crippen MR) is 114 cm³/mol. The molecule has 156 valence electrons. The summed E-state index contributed by atoms with van der Waals surface area (Å²) in [5, 5.41) is 3.79. The fraction of sp³-hybridized carbons (Fsp3) is 0.364. The van der Waals surface area contributed by atoms with Gasteiger partial charge in [0, 0.05) is 23.1 Å². The van der Waals surface area contributed by atoms with Crippen LogP contribution in [0.5, 0.6) is 0 Å². The van der Waals surface area contributed by atoms with Crippen molar-refractivity contribution < 1.29 is 14.0 Å². The molecule has 29 heavy (non-hydrogen) atoms. The van der Waals surface area contributed by atoms with Gasteiger partial charge in [-0.15, -0.1) is 0 Å². The van der Waals surface area contributed by atoms with E-state index in [2.05, 4.69) is 5.32 Å². The summed E-state index contributed by atoms with van der Waals surface area (Å²) in [5.41, 5.74) is 1.37. The van der Waals surface area contributed by atoms with Gasteiger partial charge in [0.15, 0.2) is 0 Å². The van der Waals surface area contributed by atoms with Crippen LogP contribution < -0.4 is 5.32 Å². The van der Waals surface area contributed by atoms with Gasteiger partial charge in [0.25, 0.3) is 0 Å². The Morgan fingerprint density at radius 3 is 2.38 bits per heavy atom. The van der Waals surface area contributed by atoms with Gasteiger partial charge in [-0.2, -0.15) is 0 Å². The molecular weight excluding hydrogens is 414 g/mol. The molecule has 1 atom stereocenters. The minimum absolute atomic E-state index is 0.0586. The minimum Gasteiger partial charge on any atom is -0.354 e. The van der Waals surface area contributed by atoms with Crippen molar-refractivity contribution in [2.75, 3.05) is 6.54 Å². The normalized spacial score (nSPS) is 11.8. The van der Waals surface area contributed by atoms with Gasteiger partial charge in [0.2, 0.25) is 11.8 Å². The van der Waals surface area contributed by atoms with Crippen LogP contribution in [0.2, 0.25) is 10.0 Å². The molecule has 7 heteroatoms. The van der Waals surface area contributed by atoms with E-state index in [9.17, 15) is 14.0 Å². The molecule has 0 saturated heterocycles. The highest BCUT2D eigenvalue weighted by Gasteiger charge is 2.29. The van der Waals surface area contributed by atoms with Crippen molar-refractivity contribution in [2.45, 2.75) is 45.7 Å². The van der Waals surface area contributed by atoms with Crippen LogP contribution >= 0.6 is 23.2 Å². The predicted octanol–water partition coefficient (Wildman–Crippen LogP) is 5.01.